The topological polar surface area (TPSA) is 49.2 Å². The third kappa shape index (κ3) is 2.65. The van der Waals surface area contributed by atoms with Crippen molar-refractivity contribution in [2.75, 3.05) is 13.6 Å². The summed E-state index contributed by atoms with van der Waals surface area (Å²) in [5.74, 6) is 0.968. The zero-order chi connectivity index (χ0) is 13.9. The van der Waals surface area contributed by atoms with E-state index < -0.39 is 0 Å². The van der Waals surface area contributed by atoms with Gasteiger partial charge in [-0.05, 0) is 36.7 Å². The van der Waals surface area contributed by atoms with Gasteiger partial charge in [0.1, 0.15) is 5.76 Å². The van der Waals surface area contributed by atoms with Crippen molar-refractivity contribution in [1.29, 1.82) is 0 Å². The van der Waals surface area contributed by atoms with Gasteiger partial charge < -0.3 is 9.40 Å². The first-order valence-corrected chi connectivity index (χ1v) is 6.53. The number of Topliss-reactive ketones (excluding diaryl/α,β-unsaturated/α-hetero) is 1. The summed E-state index contributed by atoms with van der Waals surface area (Å²) in [6.07, 6.45) is 3.52. The highest BCUT2D eigenvalue weighted by Gasteiger charge is 2.11. The van der Waals surface area contributed by atoms with Crippen LogP contribution in [-0.2, 0) is 6.54 Å². The zero-order valence-electron chi connectivity index (χ0n) is 11.3. The minimum absolute atomic E-state index is 0.107. The van der Waals surface area contributed by atoms with Gasteiger partial charge in [-0.15, -0.1) is 0 Å². The molecule has 0 aliphatic heterocycles. The Morgan fingerprint density at radius 1 is 1.30 bits per heavy atom. The molecule has 0 amide bonds. The molecule has 0 bridgehead atoms. The van der Waals surface area contributed by atoms with Crippen LogP contribution in [0.1, 0.15) is 16.1 Å². The van der Waals surface area contributed by atoms with Gasteiger partial charge in [0.15, 0.2) is 5.78 Å². The average molecular weight is 268 g/mol. The highest BCUT2D eigenvalue weighted by atomic mass is 16.3. The molecule has 2 heterocycles. The van der Waals surface area contributed by atoms with Crippen molar-refractivity contribution in [3.8, 4) is 0 Å². The minimum atomic E-state index is 0.107. The molecule has 4 nitrogen and oxygen atoms in total. The predicted octanol–water partition coefficient (Wildman–Crippen LogP) is 3.08. The maximum atomic E-state index is 12.3. The Hall–Kier alpha value is -2.33. The third-order valence-corrected chi connectivity index (χ3v) is 3.30. The monoisotopic (exact) mass is 268 g/mol. The van der Waals surface area contributed by atoms with E-state index in [-0.39, 0.29) is 5.78 Å². The quantitative estimate of drug-likeness (QED) is 0.723. The number of carbonyl (C=O) groups excluding carboxylic acids is 1. The molecule has 0 saturated carbocycles. The molecule has 0 spiro atoms. The van der Waals surface area contributed by atoms with E-state index in [0.717, 1.165) is 22.2 Å². The van der Waals surface area contributed by atoms with Crippen LogP contribution in [0.25, 0.3) is 10.9 Å². The molecule has 0 fully saturated rings. The molecule has 1 aromatic carbocycles. The van der Waals surface area contributed by atoms with Crippen LogP contribution in [0.3, 0.4) is 0 Å². The van der Waals surface area contributed by atoms with Gasteiger partial charge in [0.25, 0.3) is 0 Å². The van der Waals surface area contributed by atoms with E-state index in [1.165, 1.54) is 0 Å². The summed E-state index contributed by atoms with van der Waals surface area (Å²) in [7, 11) is 1.91. The van der Waals surface area contributed by atoms with Gasteiger partial charge in [-0.2, -0.15) is 0 Å². The molecule has 102 valence electrons. The number of nitrogens with zero attached hydrogens (tertiary/aromatic N) is 1. The lowest BCUT2D eigenvalue weighted by atomic mass is 10.1. The highest BCUT2D eigenvalue weighted by Crippen LogP contribution is 2.15. The van der Waals surface area contributed by atoms with Crippen LogP contribution in [0, 0.1) is 0 Å². The number of rotatable bonds is 5. The summed E-state index contributed by atoms with van der Waals surface area (Å²) in [6.45, 7) is 0.996. The Morgan fingerprint density at radius 2 is 2.20 bits per heavy atom. The van der Waals surface area contributed by atoms with Gasteiger partial charge in [-0.1, -0.05) is 12.1 Å². The number of hydrogen-bond donors (Lipinski definition) is 1. The number of benzene rings is 1. The Bertz CT molecular complexity index is 713. The summed E-state index contributed by atoms with van der Waals surface area (Å²) in [5.41, 5.74) is 1.72. The molecular formula is C16H16N2O2. The normalized spacial score (nSPS) is 11.3. The van der Waals surface area contributed by atoms with Crippen molar-refractivity contribution >= 4 is 16.7 Å². The predicted molar refractivity (Wildman–Crippen MR) is 77.7 cm³/mol. The van der Waals surface area contributed by atoms with Crippen molar-refractivity contribution in [3.05, 3.63) is 60.2 Å². The van der Waals surface area contributed by atoms with Crippen molar-refractivity contribution in [1.82, 2.24) is 9.88 Å². The van der Waals surface area contributed by atoms with E-state index in [2.05, 4.69) is 4.98 Å². The Kier molecular flexibility index (Phi) is 3.39. The first-order valence-electron chi connectivity index (χ1n) is 6.53. The lowest BCUT2D eigenvalue weighted by Gasteiger charge is -2.14. The molecule has 4 heteroatoms. The lowest BCUT2D eigenvalue weighted by Crippen LogP contribution is -2.25. The van der Waals surface area contributed by atoms with Gasteiger partial charge in [-0.3, -0.25) is 9.69 Å². The fraction of sp³-hybridized carbons (Fsp3) is 0.188. The molecule has 20 heavy (non-hydrogen) atoms. The summed E-state index contributed by atoms with van der Waals surface area (Å²) in [5, 5.41) is 1.12. The smallest absolute Gasteiger partial charge is 0.176 e. The van der Waals surface area contributed by atoms with Gasteiger partial charge in [-0.25, -0.2) is 0 Å². The number of hydrogen-bond acceptors (Lipinski definition) is 3. The van der Waals surface area contributed by atoms with E-state index in [1.807, 2.05) is 54.5 Å². The fourth-order valence-corrected chi connectivity index (χ4v) is 2.28. The molecule has 0 atom stereocenters. The van der Waals surface area contributed by atoms with Crippen LogP contribution in [-0.4, -0.2) is 29.3 Å². The van der Waals surface area contributed by atoms with Crippen LogP contribution in [0.4, 0.5) is 0 Å². The number of aromatic nitrogens is 1. The molecule has 2 aromatic heterocycles. The summed E-state index contributed by atoms with van der Waals surface area (Å²) in [6, 6.07) is 11.5. The van der Waals surface area contributed by atoms with Crippen molar-refractivity contribution < 1.29 is 9.21 Å². The van der Waals surface area contributed by atoms with E-state index in [9.17, 15) is 4.79 Å². The summed E-state index contributed by atoms with van der Waals surface area (Å²) < 4.78 is 5.28. The molecule has 3 aromatic rings. The summed E-state index contributed by atoms with van der Waals surface area (Å²) >= 11 is 0. The summed E-state index contributed by atoms with van der Waals surface area (Å²) in [4.78, 5) is 17.3. The maximum Gasteiger partial charge on any atom is 0.176 e. The second-order valence-electron chi connectivity index (χ2n) is 4.95. The van der Waals surface area contributed by atoms with Crippen molar-refractivity contribution in [2.24, 2.45) is 0 Å². The van der Waals surface area contributed by atoms with Crippen LogP contribution >= 0.6 is 0 Å². The molecular weight excluding hydrogens is 252 g/mol. The number of furan rings is 1. The molecule has 0 unspecified atom stereocenters. The first kappa shape index (κ1) is 12.7. The number of fused-ring (bicyclic) bond motifs is 1. The number of H-pyrrole nitrogens is 1. The molecule has 0 aliphatic rings. The highest BCUT2D eigenvalue weighted by molar-refractivity contribution is 6.00. The molecule has 0 radical (unpaired) electrons. The zero-order valence-corrected chi connectivity index (χ0v) is 11.3. The SMILES string of the molecule is CN(CC(=O)c1ccc2cc[nH]c2c1)Cc1ccco1. The van der Waals surface area contributed by atoms with Crippen molar-refractivity contribution in [3.63, 3.8) is 0 Å². The number of aromatic amines is 1. The Morgan fingerprint density at radius 3 is 3.00 bits per heavy atom. The minimum Gasteiger partial charge on any atom is -0.468 e. The fourth-order valence-electron chi connectivity index (χ4n) is 2.28. The van der Waals surface area contributed by atoms with Crippen LogP contribution in [0.2, 0.25) is 0 Å². The van der Waals surface area contributed by atoms with Gasteiger partial charge in [0.05, 0.1) is 19.4 Å². The largest absolute Gasteiger partial charge is 0.468 e. The molecule has 3 rings (SSSR count). The lowest BCUT2D eigenvalue weighted by molar-refractivity contribution is 0.0940. The first-order chi connectivity index (χ1) is 9.72. The van der Waals surface area contributed by atoms with Crippen molar-refractivity contribution in [2.45, 2.75) is 6.54 Å². The van der Waals surface area contributed by atoms with Crippen LogP contribution < -0.4 is 0 Å². The second-order valence-corrected chi connectivity index (χ2v) is 4.95. The second kappa shape index (κ2) is 5.35. The Balaban J connectivity index is 1.68. The standard InChI is InChI=1S/C16H16N2O2/c1-18(10-14-3-2-8-20-14)11-16(19)13-5-4-12-6-7-17-15(12)9-13/h2-9,17H,10-11H2,1H3. The number of ketones is 1. The van der Waals surface area contributed by atoms with Gasteiger partial charge in [0.2, 0.25) is 0 Å². The average Bonchev–Trinajstić information content (AvgIpc) is 3.07. The Labute approximate surface area is 117 Å². The van der Waals surface area contributed by atoms with Gasteiger partial charge in [0, 0.05) is 17.3 Å². The van der Waals surface area contributed by atoms with Gasteiger partial charge >= 0.3 is 0 Å². The molecule has 0 aliphatic carbocycles. The third-order valence-electron chi connectivity index (χ3n) is 3.30. The van der Waals surface area contributed by atoms with Crippen LogP contribution in [0.5, 0.6) is 0 Å². The van der Waals surface area contributed by atoms with E-state index in [0.29, 0.717) is 13.1 Å². The van der Waals surface area contributed by atoms with Crippen LogP contribution in [0.15, 0.2) is 53.3 Å². The van der Waals surface area contributed by atoms with E-state index >= 15 is 0 Å². The molecule has 1 N–H and O–H groups in total. The number of carbonyl (C=O) groups is 1. The molecule has 0 saturated heterocycles. The van der Waals surface area contributed by atoms with E-state index in [4.69, 9.17) is 4.42 Å². The van der Waals surface area contributed by atoms with E-state index in [1.54, 1.807) is 6.26 Å². The number of likely N-dealkylation sites (N-methyl/N-ethyl adjacent to an activating group) is 1. The number of nitrogens with one attached hydrogen (secondary N) is 1. The maximum absolute atomic E-state index is 12.3.